The third-order valence-electron chi connectivity index (χ3n) is 3.52. The fourth-order valence-corrected chi connectivity index (χ4v) is 2.19. The van der Waals surface area contributed by atoms with E-state index in [0.29, 0.717) is 19.1 Å². The zero-order valence-corrected chi connectivity index (χ0v) is 9.76. The Hall–Kier alpha value is -0.330. The molecule has 0 amide bonds. The number of nitrogens with zero attached hydrogens (tertiary/aromatic N) is 1. The Labute approximate surface area is 99.0 Å². The first-order valence-electron chi connectivity index (χ1n) is 6.16. The summed E-state index contributed by atoms with van der Waals surface area (Å²) in [4.78, 5) is 1.70. The van der Waals surface area contributed by atoms with Gasteiger partial charge in [-0.1, -0.05) is 0 Å². The molecule has 2 rings (SSSR count). The predicted molar refractivity (Wildman–Crippen MR) is 57.7 cm³/mol. The van der Waals surface area contributed by atoms with Crippen LogP contribution < -0.4 is 5.32 Å². The summed E-state index contributed by atoms with van der Waals surface area (Å²) in [6.07, 6.45) is -1.43. The van der Waals surface area contributed by atoms with E-state index in [4.69, 9.17) is 0 Å². The number of alkyl halides is 3. The summed E-state index contributed by atoms with van der Waals surface area (Å²) in [5.74, 6) is 0. The van der Waals surface area contributed by atoms with Gasteiger partial charge in [0.05, 0.1) is 0 Å². The van der Waals surface area contributed by atoms with Gasteiger partial charge in [-0.15, -0.1) is 0 Å². The third-order valence-corrected chi connectivity index (χ3v) is 3.52. The highest BCUT2D eigenvalue weighted by Gasteiger charge is 2.56. The molecule has 0 bridgehead atoms. The number of hydrogen-bond donors (Lipinski definition) is 2. The number of hydrogen-bond acceptors (Lipinski definition) is 3. The van der Waals surface area contributed by atoms with Gasteiger partial charge in [-0.2, -0.15) is 13.2 Å². The Morgan fingerprint density at radius 1 is 1.35 bits per heavy atom. The van der Waals surface area contributed by atoms with Gasteiger partial charge in [-0.05, 0) is 38.8 Å². The van der Waals surface area contributed by atoms with Crippen LogP contribution in [0.3, 0.4) is 0 Å². The van der Waals surface area contributed by atoms with Crippen LogP contribution in [0.1, 0.15) is 25.7 Å². The average molecular weight is 252 g/mol. The van der Waals surface area contributed by atoms with E-state index in [1.807, 2.05) is 0 Å². The first-order valence-corrected chi connectivity index (χ1v) is 6.16. The molecule has 1 heterocycles. The Balaban J connectivity index is 1.66. The van der Waals surface area contributed by atoms with Crippen molar-refractivity contribution in [2.75, 3.05) is 26.2 Å². The summed E-state index contributed by atoms with van der Waals surface area (Å²) in [7, 11) is 0. The second-order valence-corrected chi connectivity index (χ2v) is 5.14. The minimum Gasteiger partial charge on any atom is -0.379 e. The molecule has 6 heteroatoms. The molecule has 0 aromatic rings. The van der Waals surface area contributed by atoms with Gasteiger partial charge in [0, 0.05) is 19.1 Å². The van der Waals surface area contributed by atoms with Crippen molar-refractivity contribution in [2.24, 2.45) is 0 Å². The van der Waals surface area contributed by atoms with Crippen LogP contribution in [0.2, 0.25) is 0 Å². The minimum absolute atomic E-state index is 0.202. The number of rotatable bonds is 5. The van der Waals surface area contributed by atoms with Gasteiger partial charge < -0.3 is 10.4 Å². The summed E-state index contributed by atoms with van der Waals surface area (Å²) < 4.78 is 37.6. The number of halogens is 3. The molecule has 2 fully saturated rings. The first kappa shape index (κ1) is 13.1. The normalized spacial score (nSPS) is 31.1. The molecule has 1 aliphatic heterocycles. The quantitative estimate of drug-likeness (QED) is 0.720. The first-order chi connectivity index (χ1) is 7.91. The second kappa shape index (κ2) is 4.74. The van der Waals surface area contributed by atoms with Crippen molar-refractivity contribution in [3.8, 4) is 0 Å². The maximum absolute atomic E-state index is 12.5. The molecular weight excluding hydrogens is 233 g/mol. The van der Waals surface area contributed by atoms with Gasteiger partial charge in [-0.3, -0.25) is 4.90 Å². The standard InChI is InChI=1S/C11H19F3N2O/c12-11(13,14)10(17)4-7-16(8-10)6-1-5-15-9-2-3-9/h9,15,17H,1-8H2. The Morgan fingerprint density at radius 3 is 2.59 bits per heavy atom. The molecule has 1 saturated carbocycles. The highest BCUT2D eigenvalue weighted by Crippen LogP contribution is 2.37. The maximum Gasteiger partial charge on any atom is 0.418 e. The van der Waals surface area contributed by atoms with E-state index in [2.05, 4.69) is 5.32 Å². The van der Waals surface area contributed by atoms with Gasteiger partial charge in [0.1, 0.15) is 0 Å². The summed E-state index contributed by atoms with van der Waals surface area (Å²) in [5.41, 5.74) is -2.49. The van der Waals surface area contributed by atoms with Crippen molar-refractivity contribution < 1.29 is 18.3 Å². The van der Waals surface area contributed by atoms with E-state index in [0.717, 1.165) is 13.0 Å². The topological polar surface area (TPSA) is 35.5 Å². The monoisotopic (exact) mass is 252 g/mol. The molecule has 0 radical (unpaired) electrons. The average Bonchev–Trinajstić information content (AvgIpc) is 2.96. The van der Waals surface area contributed by atoms with Crippen LogP contribution in [0.25, 0.3) is 0 Å². The van der Waals surface area contributed by atoms with Crippen molar-refractivity contribution in [3.05, 3.63) is 0 Å². The minimum atomic E-state index is -4.51. The lowest BCUT2D eigenvalue weighted by Gasteiger charge is -2.26. The zero-order chi connectivity index (χ0) is 12.5. The molecule has 0 aromatic heterocycles. The molecule has 2 N–H and O–H groups in total. The van der Waals surface area contributed by atoms with Crippen LogP contribution in [-0.2, 0) is 0 Å². The van der Waals surface area contributed by atoms with Crippen molar-refractivity contribution in [3.63, 3.8) is 0 Å². The zero-order valence-electron chi connectivity index (χ0n) is 9.76. The van der Waals surface area contributed by atoms with Crippen molar-refractivity contribution >= 4 is 0 Å². The van der Waals surface area contributed by atoms with Crippen LogP contribution >= 0.6 is 0 Å². The van der Waals surface area contributed by atoms with Crippen LogP contribution in [0.15, 0.2) is 0 Å². The molecule has 100 valence electrons. The molecule has 0 aromatic carbocycles. The van der Waals surface area contributed by atoms with Crippen molar-refractivity contribution in [1.29, 1.82) is 0 Å². The van der Waals surface area contributed by atoms with Crippen LogP contribution in [0.4, 0.5) is 13.2 Å². The number of nitrogens with one attached hydrogen (secondary N) is 1. The smallest absolute Gasteiger partial charge is 0.379 e. The Kier molecular flexibility index (Phi) is 3.66. The Bertz CT molecular complexity index is 268. The number of likely N-dealkylation sites (tertiary alicyclic amines) is 1. The molecular formula is C11H19F3N2O. The van der Waals surface area contributed by atoms with Crippen LogP contribution in [-0.4, -0.2) is 54.0 Å². The summed E-state index contributed by atoms with van der Waals surface area (Å²) in [5, 5.41) is 12.8. The summed E-state index contributed by atoms with van der Waals surface area (Å²) >= 11 is 0. The second-order valence-electron chi connectivity index (χ2n) is 5.14. The van der Waals surface area contributed by atoms with Crippen LogP contribution in [0, 0.1) is 0 Å². The molecule has 1 saturated heterocycles. The molecule has 1 aliphatic carbocycles. The number of β-amino-alcohol motifs (C(OH)–C–C–N with tert-alkyl or cyclic N) is 1. The largest absolute Gasteiger partial charge is 0.418 e. The third kappa shape index (κ3) is 3.33. The lowest BCUT2D eigenvalue weighted by Crippen LogP contribution is -2.47. The van der Waals surface area contributed by atoms with Gasteiger partial charge in [0.15, 0.2) is 5.60 Å². The molecule has 1 atom stereocenters. The van der Waals surface area contributed by atoms with Gasteiger partial charge in [-0.25, -0.2) is 0 Å². The molecule has 1 unspecified atom stereocenters. The molecule has 17 heavy (non-hydrogen) atoms. The van der Waals surface area contributed by atoms with E-state index in [9.17, 15) is 18.3 Å². The van der Waals surface area contributed by atoms with E-state index in [1.165, 1.54) is 12.8 Å². The van der Waals surface area contributed by atoms with E-state index >= 15 is 0 Å². The Morgan fingerprint density at radius 2 is 2.06 bits per heavy atom. The molecule has 2 aliphatic rings. The summed E-state index contributed by atoms with van der Waals surface area (Å²) in [6, 6.07) is 0.640. The van der Waals surface area contributed by atoms with E-state index in [-0.39, 0.29) is 13.0 Å². The summed E-state index contributed by atoms with van der Waals surface area (Å²) in [6.45, 7) is 1.53. The van der Waals surface area contributed by atoms with Crippen molar-refractivity contribution in [1.82, 2.24) is 10.2 Å². The van der Waals surface area contributed by atoms with Gasteiger partial charge in [0.2, 0.25) is 0 Å². The van der Waals surface area contributed by atoms with Crippen molar-refractivity contribution in [2.45, 2.75) is 43.5 Å². The van der Waals surface area contributed by atoms with Gasteiger partial charge >= 0.3 is 6.18 Å². The highest BCUT2D eigenvalue weighted by molar-refractivity contribution is 4.95. The predicted octanol–water partition coefficient (Wildman–Crippen LogP) is 1.13. The van der Waals surface area contributed by atoms with Gasteiger partial charge in [0.25, 0.3) is 0 Å². The van der Waals surface area contributed by atoms with E-state index in [1.54, 1.807) is 4.90 Å². The lowest BCUT2D eigenvalue weighted by atomic mass is 10.0. The fourth-order valence-electron chi connectivity index (χ4n) is 2.19. The SMILES string of the molecule is OC1(C(F)(F)F)CCN(CCCNC2CC2)C1. The van der Waals surface area contributed by atoms with E-state index < -0.39 is 11.8 Å². The van der Waals surface area contributed by atoms with Crippen LogP contribution in [0.5, 0.6) is 0 Å². The molecule has 3 nitrogen and oxygen atoms in total. The molecule has 0 spiro atoms. The number of aliphatic hydroxyl groups is 1. The maximum atomic E-state index is 12.5. The highest BCUT2D eigenvalue weighted by atomic mass is 19.4. The lowest BCUT2D eigenvalue weighted by molar-refractivity contribution is -0.253. The fraction of sp³-hybridized carbons (Fsp3) is 1.00.